The van der Waals surface area contributed by atoms with Crippen LogP contribution in [0.5, 0.6) is 11.5 Å². The van der Waals surface area contributed by atoms with E-state index >= 15 is 0 Å². The molecule has 0 bridgehead atoms. The fourth-order valence-electron chi connectivity index (χ4n) is 3.28. The molecule has 0 saturated heterocycles. The van der Waals surface area contributed by atoms with Crippen molar-refractivity contribution in [2.24, 2.45) is 0 Å². The number of halogens is 1. The first-order valence-electron chi connectivity index (χ1n) is 9.55. The maximum atomic E-state index is 12.4. The second-order valence-corrected chi connectivity index (χ2v) is 7.77. The lowest BCUT2D eigenvalue weighted by Gasteiger charge is -2.20. The second kappa shape index (κ2) is 9.28. The number of hydrogen-bond acceptors (Lipinski definition) is 4. The SMILES string of the molecule is CCC(Br)Oc1c(C(C)=O)c(C)c2ccoc2c1OCCCc1ccccc1. The number of fused-ring (bicyclic) bond motifs is 1. The largest absolute Gasteiger partial charge is 0.486 e. The van der Waals surface area contributed by atoms with Crippen molar-refractivity contribution in [3.8, 4) is 11.5 Å². The summed E-state index contributed by atoms with van der Waals surface area (Å²) in [6.07, 6.45) is 4.13. The van der Waals surface area contributed by atoms with Gasteiger partial charge >= 0.3 is 0 Å². The standard InChI is InChI=1S/C23H25BrO4/c1-4-19(24)28-22-20(16(3)25)15(2)18-12-14-27-21(18)23(22)26-13-8-11-17-9-6-5-7-10-17/h5-7,9-10,12,14,19H,4,8,11,13H2,1-3H3. The van der Waals surface area contributed by atoms with Crippen LogP contribution >= 0.6 is 15.9 Å². The molecule has 2 aromatic carbocycles. The number of aryl methyl sites for hydroxylation is 2. The summed E-state index contributed by atoms with van der Waals surface area (Å²) in [5.41, 5.74) is 3.28. The van der Waals surface area contributed by atoms with Crippen molar-refractivity contribution in [3.63, 3.8) is 0 Å². The van der Waals surface area contributed by atoms with Gasteiger partial charge in [0.15, 0.2) is 22.1 Å². The van der Waals surface area contributed by atoms with Gasteiger partial charge in [-0.05, 0) is 66.2 Å². The third-order valence-electron chi connectivity index (χ3n) is 4.70. The van der Waals surface area contributed by atoms with Gasteiger partial charge in [-0.15, -0.1) is 0 Å². The molecule has 0 fully saturated rings. The molecule has 4 nitrogen and oxygen atoms in total. The van der Waals surface area contributed by atoms with Crippen LogP contribution < -0.4 is 9.47 Å². The van der Waals surface area contributed by atoms with Crippen LogP contribution in [0.3, 0.4) is 0 Å². The molecule has 1 aromatic heterocycles. The van der Waals surface area contributed by atoms with Crippen LogP contribution in [0.15, 0.2) is 47.1 Å². The van der Waals surface area contributed by atoms with E-state index in [1.54, 1.807) is 13.2 Å². The Morgan fingerprint density at radius 3 is 2.61 bits per heavy atom. The summed E-state index contributed by atoms with van der Waals surface area (Å²) in [7, 11) is 0. The Kier molecular flexibility index (Phi) is 6.79. The number of rotatable bonds is 9. The lowest BCUT2D eigenvalue weighted by atomic mass is 9.99. The normalized spacial score (nSPS) is 12.1. The summed E-state index contributed by atoms with van der Waals surface area (Å²) in [4.78, 5) is 12.4. The fourth-order valence-corrected chi connectivity index (χ4v) is 3.46. The van der Waals surface area contributed by atoms with Gasteiger partial charge < -0.3 is 13.9 Å². The topological polar surface area (TPSA) is 48.7 Å². The van der Waals surface area contributed by atoms with E-state index in [0.717, 1.165) is 30.2 Å². The average molecular weight is 445 g/mol. The molecular formula is C23H25BrO4. The van der Waals surface area contributed by atoms with Gasteiger partial charge in [-0.25, -0.2) is 0 Å². The minimum atomic E-state index is -0.218. The van der Waals surface area contributed by atoms with E-state index in [-0.39, 0.29) is 10.8 Å². The molecule has 3 aromatic rings. The van der Waals surface area contributed by atoms with Crippen LogP contribution in [-0.4, -0.2) is 17.4 Å². The van der Waals surface area contributed by atoms with Crippen molar-refractivity contribution in [3.05, 3.63) is 59.4 Å². The van der Waals surface area contributed by atoms with Gasteiger partial charge in [0.1, 0.15) is 0 Å². The summed E-state index contributed by atoms with van der Waals surface area (Å²) >= 11 is 3.50. The van der Waals surface area contributed by atoms with E-state index in [4.69, 9.17) is 13.9 Å². The molecule has 1 unspecified atom stereocenters. The number of hydrogen-bond donors (Lipinski definition) is 0. The molecule has 3 rings (SSSR count). The lowest BCUT2D eigenvalue weighted by molar-refractivity contribution is 0.101. The van der Waals surface area contributed by atoms with Crippen molar-refractivity contribution in [2.45, 2.75) is 45.0 Å². The number of carbonyl (C=O) groups excluding carboxylic acids is 1. The smallest absolute Gasteiger partial charge is 0.205 e. The fraction of sp³-hybridized carbons (Fsp3) is 0.348. The highest BCUT2D eigenvalue weighted by molar-refractivity contribution is 9.09. The van der Waals surface area contributed by atoms with E-state index in [9.17, 15) is 4.79 Å². The molecule has 0 N–H and O–H groups in total. The first-order valence-corrected chi connectivity index (χ1v) is 10.5. The summed E-state index contributed by atoms with van der Waals surface area (Å²) < 4.78 is 17.9. The van der Waals surface area contributed by atoms with Gasteiger partial charge in [0.25, 0.3) is 0 Å². The van der Waals surface area contributed by atoms with Crippen LogP contribution in [0.25, 0.3) is 11.0 Å². The first kappa shape index (κ1) is 20.5. The molecule has 0 saturated carbocycles. The third kappa shape index (κ3) is 4.41. The van der Waals surface area contributed by atoms with Crippen molar-refractivity contribution < 1.29 is 18.7 Å². The number of alkyl halides is 1. The van der Waals surface area contributed by atoms with Crippen LogP contribution in [0.2, 0.25) is 0 Å². The van der Waals surface area contributed by atoms with E-state index in [0.29, 0.717) is 29.3 Å². The average Bonchev–Trinajstić information content (AvgIpc) is 3.17. The Hall–Kier alpha value is -2.27. The first-order chi connectivity index (χ1) is 13.5. The predicted octanol–water partition coefficient (Wildman–Crippen LogP) is 6.47. The summed E-state index contributed by atoms with van der Waals surface area (Å²) in [6, 6.07) is 12.2. The van der Waals surface area contributed by atoms with E-state index in [2.05, 4.69) is 28.1 Å². The summed E-state index contributed by atoms with van der Waals surface area (Å²) in [5.74, 6) is 0.901. The molecule has 0 aliphatic rings. The molecule has 28 heavy (non-hydrogen) atoms. The molecule has 0 aliphatic heterocycles. The van der Waals surface area contributed by atoms with Crippen molar-refractivity contribution in [1.29, 1.82) is 0 Å². The Labute approximate surface area is 174 Å². The monoisotopic (exact) mass is 444 g/mol. The molecule has 0 spiro atoms. The molecule has 1 atom stereocenters. The maximum Gasteiger partial charge on any atom is 0.205 e. The Bertz CT molecular complexity index is 946. The van der Waals surface area contributed by atoms with Crippen LogP contribution in [0.4, 0.5) is 0 Å². The molecule has 0 amide bonds. The van der Waals surface area contributed by atoms with Crippen molar-refractivity contribution in [2.75, 3.05) is 6.61 Å². The lowest BCUT2D eigenvalue weighted by Crippen LogP contribution is -2.13. The predicted molar refractivity (Wildman–Crippen MR) is 115 cm³/mol. The highest BCUT2D eigenvalue weighted by Crippen LogP contribution is 2.43. The van der Waals surface area contributed by atoms with Gasteiger partial charge in [-0.1, -0.05) is 37.3 Å². The van der Waals surface area contributed by atoms with Gasteiger partial charge in [0, 0.05) is 5.39 Å². The molecule has 0 radical (unpaired) electrons. The minimum absolute atomic E-state index is 0.0551. The maximum absolute atomic E-state index is 12.4. The Morgan fingerprint density at radius 1 is 1.18 bits per heavy atom. The Balaban J connectivity index is 1.92. The van der Waals surface area contributed by atoms with E-state index < -0.39 is 0 Å². The van der Waals surface area contributed by atoms with Gasteiger partial charge in [0.2, 0.25) is 5.75 Å². The van der Waals surface area contributed by atoms with Crippen molar-refractivity contribution >= 4 is 32.7 Å². The highest BCUT2D eigenvalue weighted by atomic mass is 79.9. The quantitative estimate of drug-likeness (QED) is 0.215. The number of benzene rings is 2. The van der Waals surface area contributed by atoms with Crippen LogP contribution in [0.1, 0.15) is 48.2 Å². The molecular weight excluding hydrogens is 420 g/mol. The van der Waals surface area contributed by atoms with Gasteiger partial charge in [0.05, 0.1) is 18.4 Å². The van der Waals surface area contributed by atoms with Gasteiger partial charge in [-0.2, -0.15) is 0 Å². The van der Waals surface area contributed by atoms with Gasteiger partial charge in [-0.3, -0.25) is 4.79 Å². The van der Waals surface area contributed by atoms with Crippen LogP contribution in [0, 0.1) is 6.92 Å². The minimum Gasteiger partial charge on any atom is -0.486 e. The zero-order valence-electron chi connectivity index (χ0n) is 16.5. The number of carbonyl (C=O) groups is 1. The molecule has 5 heteroatoms. The highest BCUT2D eigenvalue weighted by Gasteiger charge is 2.26. The number of Topliss-reactive ketones (excluding diaryl/α,β-unsaturated/α-hetero) is 1. The zero-order chi connectivity index (χ0) is 20.1. The molecule has 148 valence electrons. The van der Waals surface area contributed by atoms with Crippen LogP contribution in [-0.2, 0) is 6.42 Å². The zero-order valence-corrected chi connectivity index (χ0v) is 18.0. The summed E-state index contributed by atoms with van der Waals surface area (Å²) in [6.45, 7) is 5.97. The number of furan rings is 1. The second-order valence-electron chi connectivity index (χ2n) is 6.75. The third-order valence-corrected chi connectivity index (χ3v) is 5.54. The Morgan fingerprint density at radius 2 is 1.93 bits per heavy atom. The van der Waals surface area contributed by atoms with E-state index in [1.807, 2.05) is 38.1 Å². The number of ketones is 1. The van der Waals surface area contributed by atoms with E-state index in [1.165, 1.54) is 5.56 Å². The summed E-state index contributed by atoms with van der Waals surface area (Å²) in [5, 5.41) is 0.655. The molecule has 0 aliphatic carbocycles. The number of ether oxygens (including phenoxy) is 2. The molecule has 1 heterocycles. The van der Waals surface area contributed by atoms with Crippen molar-refractivity contribution in [1.82, 2.24) is 0 Å².